The van der Waals surface area contributed by atoms with Gasteiger partial charge in [-0.25, -0.2) is 19.3 Å². The molecule has 0 fully saturated rings. The van der Waals surface area contributed by atoms with Gasteiger partial charge in [0.2, 0.25) is 5.88 Å². The molecule has 0 spiro atoms. The molecule has 0 aliphatic carbocycles. The average Bonchev–Trinajstić information content (AvgIpc) is 3.41. The Balaban J connectivity index is 1.54. The van der Waals surface area contributed by atoms with Crippen LogP contribution in [0.1, 0.15) is 22.6 Å². The fourth-order valence-corrected chi connectivity index (χ4v) is 5.28. The Hall–Kier alpha value is -4.70. The molecule has 1 atom stereocenters. The summed E-state index contributed by atoms with van der Waals surface area (Å²) in [5.41, 5.74) is 2.95. The smallest absolute Gasteiger partial charge is 0.344 e. The van der Waals surface area contributed by atoms with Crippen LogP contribution in [-0.2, 0) is 0 Å². The summed E-state index contributed by atoms with van der Waals surface area (Å²) in [5.74, 6) is 1.70. The van der Waals surface area contributed by atoms with Crippen molar-refractivity contribution in [3.05, 3.63) is 105 Å². The second-order valence-electron chi connectivity index (χ2n) is 8.95. The van der Waals surface area contributed by atoms with Crippen LogP contribution < -0.4 is 19.8 Å². The van der Waals surface area contributed by atoms with Crippen LogP contribution in [0.2, 0.25) is 0 Å². The Morgan fingerprint density at radius 2 is 1.74 bits per heavy atom. The van der Waals surface area contributed by atoms with E-state index in [4.69, 9.17) is 23.6 Å². The number of benzene rings is 3. The van der Waals surface area contributed by atoms with Crippen molar-refractivity contribution < 1.29 is 18.6 Å². The molecule has 192 valence electrons. The molecule has 10 heteroatoms. The van der Waals surface area contributed by atoms with Crippen LogP contribution in [0.5, 0.6) is 23.1 Å². The predicted molar refractivity (Wildman–Crippen MR) is 147 cm³/mol. The highest BCUT2D eigenvalue weighted by molar-refractivity contribution is 9.10. The highest BCUT2D eigenvalue weighted by atomic mass is 79.9. The molecule has 9 nitrogen and oxygen atoms in total. The molecule has 39 heavy (non-hydrogen) atoms. The molecule has 0 bridgehead atoms. The SMILES string of the molecule is COc1ccc(C2c3c(c4ccccc4oc3=O)Oc3ncn4nc(-c5ccc(Br)cc5)nc4c32)cc1OC. The lowest BCUT2D eigenvalue weighted by atomic mass is 9.84. The van der Waals surface area contributed by atoms with E-state index in [2.05, 4.69) is 26.0 Å². The number of fused-ring (bicyclic) bond motifs is 6. The first-order valence-electron chi connectivity index (χ1n) is 12.0. The fraction of sp³-hybridized carbons (Fsp3) is 0.103. The first-order chi connectivity index (χ1) is 19.1. The van der Waals surface area contributed by atoms with Crippen LogP contribution in [0, 0.1) is 0 Å². The number of halogens is 1. The van der Waals surface area contributed by atoms with Crippen LogP contribution in [0.4, 0.5) is 0 Å². The molecule has 1 unspecified atom stereocenters. The van der Waals surface area contributed by atoms with Crippen molar-refractivity contribution in [2.75, 3.05) is 14.2 Å². The van der Waals surface area contributed by atoms with Crippen molar-refractivity contribution in [2.45, 2.75) is 5.92 Å². The van der Waals surface area contributed by atoms with E-state index in [1.165, 1.54) is 0 Å². The van der Waals surface area contributed by atoms with Gasteiger partial charge in [0.15, 0.2) is 28.7 Å². The van der Waals surface area contributed by atoms with Crippen molar-refractivity contribution >= 4 is 32.5 Å². The first-order valence-corrected chi connectivity index (χ1v) is 12.8. The van der Waals surface area contributed by atoms with Gasteiger partial charge in [-0.2, -0.15) is 0 Å². The molecule has 7 rings (SSSR count). The molecule has 0 saturated heterocycles. The Kier molecular flexibility index (Phi) is 5.38. The highest BCUT2D eigenvalue weighted by Gasteiger charge is 2.38. The maximum atomic E-state index is 13.6. The van der Waals surface area contributed by atoms with E-state index in [9.17, 15) is 4.79 Å². The number of nitrogens with zero attached hydrogens (tertiary/aromatic N) is 4. The van der Waals surface area contributed by atoms with Gasteiger partial charge < -0.3 is 18.6 Å². The summed E-state index contributed by atoms with van der Waals surface area (Å²) in [4.78, 5) is 23.0. The summed E-state index contributed by atoms with van der Waals surface area (Å²) in [6, 6.07) is 20.5. The molecule has 0 amide bonds. The zero-order chi connectivity index (χ0) is 26.7. The third-order valence-corrected chi connectivity index (χ3v) is 7.33. The Morgan fingerprint density at radius 3 is 2.54 bits per heavy atom. The Labute approximate surface area is 229 Å². The average molecular weight is 583 g/mol. The predicted octanol–water partition coefficient (Wildman–Crippen LogP) is 5.96. The molecule has 4 heterocycles. The number of ether oxygens (including phenoxy) is 3. The number of aromatic nitrogens is 4. The largest absolute Gasteiger partial charge is 0.493 e. The van der Waals surface area contributed by atoms with Gasteiger partial charge in [0.25, 0.3) is 0 Å². The number of rotatable bonds is 4. The van der Waals surface area contributed by atoms with Crippen molar-refractivity contribution in [1.29, 1.82) is 0 Å². The van der Waals surface area contributed by atoms with Gasteiger partial charge in [-0.3, -0.25) is 0 Å². The zero-order valence-corrected chi connectivity index (χ0v) is 22.3. The van der Waals surface area contributed by atoms with E-state index in [0.717, 1.165) is 15.6 Å². The van der Waals surface area contributed by atoms with E-state index < -0.39 is 11.5 Å². The lowest BCUT2D eigenvalue weighted by Gasteiger charge is -2.27. The molecular weight excluding hydrogens is 564 g/mol. The maximum Gasteiger partial charge on any atom is 0.344 e. The van der Waals surface area contributed by atoms with Gasteiger partial charge >= 0.3 is 5.63 Å². The van der Waals surface area contributed by atoms with E-state index in [1.54, 1.807) is 37.2 Å². The third-order valence-electron chi connectivity index (χ3n) is 6.81. The second-order valence-corrected chi connectivity index (χ2v) is 9.87. The van der Waals surface area contributed by atoms with Crippen molar-refractivity contribution in [3.63, 3.8) is 0 Å². The second kappa shape index (κ2) is 8.95. The van der Waals surface area contributed by atoms with E-state index in [0.29, 0.717) is 56.7 Å². The molecule has 3 aromatic carbocycles. The molecular formula is C29H19BrN4O5. The van der Waals surface area contributed by atoms with Crippen molar-refractivity contribution in [2.24, 2.45) is 0 Å². The monoisotopic (exact) mass is 582 g/mol. The van der Waals surface area contributed by atoms with E-state index in [1.807, 2.05) is 54.6 Å². The lowest BCUT2D eigenvalue weighted by molar-refractivity contribution is 0.354. The van der Waals surface area contributed by atoms with E-state index in [-0.39, 0.29) is 0 Å². The summed E-state index contributed by atoms with van der Waals surface area (Å²) in [6.07, 6.45) is 1.56. The van der Waals surface area contributed by atoms with Crippen LogP contribution in [0.15, 0.2) is 86.7 Å². The molecule has 6 aromatic rings. The summed E-state index contributed by atoms with van der Waals surface area (Å²) >= 11 is 3.47. The molecule has 0 saturated carbocycles. The zero-order valence-electron chi connectivity index (χ0n) is 20.7. The van der Waals surface area contributed by atoms with Crippen LogP contribution in [0.3, 0.4) is 0 Å². The maximum absolute atomic E-state index is 13.6. The molecule has 0 N–H and O–H groups in total. The molecule has 0 radical (unpaired) electrons. The van der Waals surface area contributed by atoms with Gasteiger partial charge in [0, 0.05) is 10.0 Å². The van der Waals surface area contributed by atoms with Crippen LogP contribution >= 0.6 is 15.9 Å². The minimum atomic E-state index is -0.636. The number of hydrogen-bond donors (Lipinski definition) is 0. The van der Waals surface area contributed by atoms with Crippen LogP contribution in [0.25, 0.3) is 28.0 Å². The highest BCUT2D eigenvalue weighted by Crippen LogP contribution is 2.49. The van der Waals surface area contributed by atoms with Crippen molar-refractivity contribution in [1.82, 2.24) is 19.6 Å². The van der Waals surface area contributed by atoms with Gasteiger partial charge in [-0.1, -0.05) is 46.3 Å². The lowest BCUT2D eigenvalue weighted by Crippen LogP contribution is -2.22. The fourth-order valence-electron chi connectivity index (χ4n) is 5.02. The van der Waals surface area contributed by atoms with Gasteiger partial charge in [-0.05, 0) is 42.0 Å². The van der Waals surface area contributed by atoms with Gasteiger partial charge in [-0.15, -0.1) is 5.10 Å². The number of hydrogen-bond acceptors (Lipinski definition) is 8. The molecule has 1 aliphatic heterocycles. The minimum Gasteiger partial charge on any atom is -0.493 e. The summed E-state index contributed by atoms with van der Waals surface area (Å²) in [5, 5.41) is 5.33. The number of para-hydroxylation sites is 1. The topological polar surface area (TPSA) is 101 Å². The standard InChI is InChI=1S/C29H19BrN4O5/c1-36-20-12-9-16(13-21(20)37-2)22-23-25(18-5-3-4-6-19(18)38-29(23)35)39-28-24(22)27-32-26(33-34(27)14-31-28)15-7-10-17(30)11-8-15/h3-14,22H,1-2H3. The van der Waals surface area contributed by atoms with Crippen molar-refractivity contribution in [3.8, 4) is 34.5 Å². The molecule has 3 aromatic heterocycles. The normalized spacial score (nSPS) is 14.1. The van der Waals surface area contributed by atoms with Gasteiger partial charge in [0.1, 0.15) is 11.9 Å². The quantitative estimate of drug-likeness (QED) is 0.234. The minimum absolute atomic E-state index is 0.334. The van der Waals surface area contributed by atoms with E-state index >= 15 is 0 Å². The first kappa shape index (κ1) is 23.4. The third kappa shape index (κ3) is 3.67. The Bertz CT molecular complexity index is 1970. The number of methoxy groups -OCH3 is 2. The summed E-state index contributed by atoms with van der Waals surface area (Å²) in [6.45, 7) is 0. The summed E-state index contributed by atoms with van der Waals surface area (Å²) < 4.78 is 25.7. The van der Waals surface area contributed by atoms with Crippen LogP contribution in [-0.4, -0.2) is 33.8 Å². The summed E-state index contributed by atoms with van der Waals surface area (Å²) in [7, 11) is 3.14. The Morgan fingerprint density at radius 1 is 0.949 bits per heavy atom. The molecule has 1 aliphatic rings. The van der Waals surface area contributed by atoms with Gasteiger partial charge in [0.05, 0.1) is 36.7 Å².